The van der Waals surface area contributed by atoms with Crippen LogP contribution in [0, 0.1) is 0 Å². The van der Waals surface area contributed by atoms with Gasteiger partial charge in [-0.25, -0.2) is 0 Å². The topological polar surface area (TPSA) is 96.9 Å². The standard InChI is InChI=1S/C18H21N3O4S/c1-4-25-17-8-10-18(11-9-17)26(23,24)21-20-13(2)15-6-5-7-16(12-15)19-14(3)22/h5-12,21H,4H2,1-3H3,(H,19,22)/b20-13+. The first-order valence-electron chi connectivity index (χ1n) is 7.99. The second kappa shape index (κ2) is 8.48. The third kappa shape index (κ3) is 5.32. The van der Waals surface area contributed by atoms with Gasteiger partial charge in [-0.3, -0.25) is 4.79 Å². The maximum absolute atomic E-state index is 12.3. The van der Waals surface area contributed by atoms with E-state index in [1.807, 2.05) is 6.92 Å². The highest BCUT2D eigenvalue weighted by Gasteiger charge is 2.13. The predicted octanol–water partition coefficient (Wildman–Crippen LogP) is 2.75. The monoisotopic (exact) mass is 375 g/mol. The average molecular weight is 375 g/mol. The van der Waals surface area contributed by atoms with Crippen LogP contribution in [0.2, 0.25) is 0 Å². The highest BCUT2D eigenvalue weighted by Crippen LogP contribution is 2.16. The number of carbonyl (C=O) groups is 1. The van der Waals surface area contributed by atoms with Gasteiger partial charge >= 0.3 is 0 Å². The number of rotatable bonds is 7. The third-order valence-corrected chi connectivity index (χ3v) is 4.60. The van der Waals surface area contributed by atoms with Gasteiger partial charge in [-0.1, -0.05) is 12.1 Å². The maximum Gasteiger partial charge on any atom is 0.276 e. The molecule has 0 saturated heterocycles. The van der Waals surface area contributed by atoms with Gasteiger partial charge in [-0.05, 0) is 55.8 Å². The van der Waals surface area contributed by atoms with Crippen LogP contribution < -0.4 is 14.9 Å². The van der Waals surface area contributed by atoms with Crippen molar-refractivity contribution >= 4 is 27.3 Å². The Hall–Kier alpha value is -2.87. The van der Waals surface area contributed by atoms with Crippen molar-refractivity contribution in [2.75, 3.05) is 11.9 Å². The normalized spacial score (nSPS) is 11.7. The Morgan fingerprint density at radius 3 is 2.42 bits per heavy atom. The Balaban J connectivity index is 2.15. The highest BCUT2D eigenvalue weighted by atomic mass is 32.2. The van der Waals surface area contributed by atoms with Crippen LogP contribution in [0.1, 0.15) is 26.3 Å². The van der Waals surface area contributed by atoms with Gasteiger partial charge in [0.15, 0.2) is 0 Å². The summed E-state index contributed by atoms with van der Waals surface area (Å²) >= 11 is 0. The molecule has 0 spiro atoms. The van der Waals surface area contributed by atoms with Gasteiger partial charge in [0, 0.05) is 12.6 Å². The molecule has 0 saturated carbocycles. The van der Waals surface area contributed by atoms with Crippen molar-refractivity contribution in [2.24, 2.45) is 5.10 Å². The Kier molecular flexibility index (Phi) is 6.35. The molecule has 2 aromatic rings. The van der Waals surface area contributed by atoms with Crippen LogP contribution in [0.3, 0.4) is 0 Å². The lowest BCUT2D eigenvalue weighted by Gasteiger charge is -2.08. The molecule has 0 aromatic heterocycles. The third-order valence-electron chi connectivity index (χ3n) is 3.38. The fraction of sp³-hybridized carbons (Fsp3) is 0.222. The predicted molar refractivity (Wildman–Crippen MR) is 101 cm³/mol. The number of anilines is 1. The largest absolute Gasteiger partial charge is 0.494 e. The van der Waals surface area contributed by atoms with Gasteiger partial charge in [-0.2, -0.15) is 18.4 Å². The molecule has 0 aliphatic rings. The summed E-state index contributed by atoms with van der Waals surface area (Å²) in [5.74, 6) is 0.411. The van der Waals surface area contributed by atoms with Crippen LogP contribution in [-0.2, 0) is 14.8 Å². The van der Waals surface area contributed by atoms with Crippen molar-refractivity contribution in [3.05, 3.63) is 54.1 Å². The molecule has 0 aliphatic carbocycles. The molecule has 0 radical (unpaired) electrons. The highest BCUT2D eigenvalue weighted by molar-refractivity contribution is 7.89. The van der Waals surface area contributed by atoms with Crippen molar-refractivity contribution in [3.8, 4) is 5.75 Å². The average Bonchev–Trinajstić information content (AvgIpc) is 2.60. The lowest BCUT2D eigenvalue weighted by Crippen LogP contribution is -2.20. The number of sulfonamides is 1. The molecule has 2 N–H and O–H groups in total. The van der Waals surface area contributed by atoms with Crippen LogP contribution in [0.25, 0.3) is 0 Å². The summed E-state index contributed by atoms with van der Waals surface area (Å²) in [5.41, 5.74) is 1.76. The van der Waals surface area contributed by atoms with Crippen molar-refractivity contribution in [1.29, 1.82) is 0 Å². The summed E-state index contributed by atoms with van der Waals surface area (Å²) in [4.78, 5) is 13.4. The first-order valence-corrected chi connectivity index (χ1v) is 9.47. The number of ether oxygens (including phenoxy) is 1. The zero-order chi connectivity index (χ0) is 19.2. The molecule has 0 atom stereocenters. The van der Waals surface area contributed by atoms with Crippen LogP contribution in [0.5, 0.6) is 5.75 Å². The zero-order valence-electron chi connectivity index (χ0n) is 14.8. The van der Waals surface area contributed by atoms with E-state index < -0.39 is 10.0 Å². The van der Waals surface area contributed by atoms with E-state index in [0.29, 0.717) is 29.3 Å². The molecule has 1 amide bonds. The molecule has 0 fully saturated rings. The lowest BCUT2D eigenvalue weighted by atomic mass is 10.1. The fourth-order valence-electron chi connectivity index (χ4n) is 2.15. The second-order valence-corrected chi connectivity index (χ2v) is 7.12. The summed E-state index contributed by atoms with van der Waals surface area (Å²) in [6.45, 7) is 5.45. The molecule has 0 heterocycles. The summed E-state index contributed by atoms with van der Waals surface area (Å²) < 4.78 is 30.0. The number of hydrogen-bond acceptors (Lipinski definition) is 5. The Bertz CT molecular complexity index is 906. The van der Waals surface area contributed by atoms with E-state index >= 15 is 0 Å². The van der Waals surface area contributed by atoms with Gasteiger partial charge in [-0.15, -0.1) is 0 Å². The van der Waals surface area contributed by atoms with Gasteiger partial charge < -0.3 is 10.1 Å². The summed E-state index contributed by atoms with van der Waals surface area (Å²) in [5, 5.41) is 6.63. The second-order valence-electron chi connectivity index (χ2n) is 5.46. The van der Waals surface area contributed by atoms with E-state index in [1.54, 1.807) is 43.3 Å². The molecule has 138 valence electrons. The number of hydrazone groups is 1. The minimum atomic E-state index is -3.79. The van der Waals surface area contributed by atoms with Crippen LogP contribution in [-0.4, -0.2) is 26.6 Å². The SMILES string of the molecule is CCOc1ccc(S(=O)(=O)N/N=C(\C)c2cccc(NC(C)=O)c2)cc1. The Morgan fingerprint density at radius 2 is 1.81 bits per heavy atom. The van der Waals surface area contributed by atoms with Crippen LogP contribution >= 0.6 is 0 Å². The Labute approximate surface area is 153 Å². The molecule has 7 nitrogen and oxygen atoms in total. The van der Waals surface area contributed by atoms with Gasteiger partial charge in [0.05, 0.1) is 17.2 Å². The van der Waals surface area contributed by atoms with Crippen molar-refractivity contribution in [3.63, 3.8) is 0 Å². The molecule has 2 rings (SSSR count). The Morgan fingerprint density at radius 1 is 1.12 bits per heavy atom. The molecule has 0 aliphatic heterocycles. The number of hydrogen-bond donors (Lipinski definition) is 2. The van der Waals surface area contributed by atoms with E-state index in [-0.39, 0.29) is 10.8 Å². The number of nitrogens with zero attached hydrogens (tertiary/aromatic N) is 1. The minimum Gasteiger partial charge on any atom is -0.494 e. The molecule has 2 aromatic carbocycles. The number of nitrogens with one attached hydrogen (secondary N) is 2. The lowest BCUT2D eigenvalue weighted by molar-refractivity contribution is -0.114. The zero-order valence-corrected chi connectivity index (χ0v) is 15.6. The molecular weight excluding hydrogens is 354 g/mol. The van der Waals surface area contributed by atoms with Gasteiger partial charge in [0.1, 0.15) is 5.75 Å². The number of amides is 1. The van der Waals surface area contributed by atoms with Gasteiger partial charge in [0.2, 0.25) is 5.91 Å². The smallest absolute Gasteiger partial charge is 0.276 e. The van der Waals surface area contributed by atoms with Gasteiger partial charge in [0.25, 0.3) is 10.0 Å². The van der Waals surface area contributed by atoms with Crippen molar-refractivity contribution in [2.45, 2.75) is 25.7 Å². The molecule has 26 heavy (non-hydrogen) atoms. The van der Waals surface area contributed by atoms with E-state index in [4.69, 9.17) is 4.74 Å². The first kappa shape index (κ1) is 19.5. The van der Waals surface area contributed by atoms with Crippen LogP contribution in [0.15, 0.2) is 58.5 Å². The molecule has 0 bridgehead atoms. The minimum absolute atomic E-state index is 0.0875. The molecule has 0 unspecified atom stereocenters. The summed E-state index contributed by atoms with van der Waals surface area (Å²) in [6, 6.07) is 13.1. The van der Waals surface area contributed by atoms with E-state index in [2.05, 4.69) is 15.2 Å². The van der Waals surface area contributed by atoms with Crippen molar-refractivity contribution in [1.82, 2.24) is 4.83 Å². The fourth-order valence-corrected chi connectivity index (χ4v) is 3.01. The molecular formula is C18H21N3O4S. The van der Waals surface area contributed by atoms with Crippen LogP contribution in [0.4, 0.5) is 5.69 Å². The number of carbonyl (C=O) groups excluding carboxylic acids is 1. The molecule has 8 heteroatoms. The van der Waals surface area contributed by atoms with E-state index in [0.717, 1.165) is 0 Å². The maximum atomic E-state index is 12.3. The van der Waals surface area contributed by atoms with Crippen molar-refractivity contribution < 1.29 is 17.9 Å². The van der Waals surface area contributed by atoms with E-state index in [9.17, 15) is 13.2 Å². The quantitative estimate of drug-likeness (QED) is 0.574. The first-order chi connectivity index (χ1) is 12.3. The summed E-state index contributed by atoms with van der Waals surface area (Å²) in [6.07, 6.45) is 0. The number of benzene rings is 2. The van der Waals surface area contributed by atoms with E-state index in [1.165, 1.54) is 19.1 Å². The summed E-state index contributed by atoms with van der Waals surface area (Å²) in [7, 11) is -3.79.